The zero-order chi connectivity index (χ0) is 11.1. The molecular formula is C10H12N4O2. The van der Waals surface area contributed by atoms with Crippen molar-refractivity contribution in [2.24, 2.45) is 5.92 Å². The predicted molar refractivity (Wildman–Crippen MR) is 56.0 cm³/mol. The summed E-state index contributed by atoms with van der Waals surface area (Å²) in [7, 11) is 0. The lowest BCUT2D eigenvalue weighted by molar-refractivity contribution is 0.150. The van der Waals surface area contributed by atoms with Gasteiger partial charge in [0.1, 0.15) is 6.33 Å². The lowest BCUT2D eigenvalue weighted by Gasteiger charge is -2.07. The van der Waals surface area contributed by atoms with Crippen molar-refractivity contribution >= 4 is 5.65 Å². The number of H-pyrrole nitrogens is 1. The van der Waals surface area contributed by atoms with Crippen LogP contribution in [0.15, 0.2) is 17.2 Å². The van der Waals surface area contributed by atoms with Gasteiger partial charge in [0.2, 0.25) is 0 Å². The lowest BCUT2D eigenvalue weighted by Crippen LogP contribution is -2.15. The summed E-state index contributed by atoms with van der Waals surface area (Å²) >= 11 is 0. The van der Waals surface area contributed by atoms with Crippen molar-refractivity contribution < 1.29 is 5.11 Å². The second kappa shape index (κ2) is 3.41. The summed E-state index contributed by atoms with van der Waals surface area (Å²) < 4.78 is 1.34. The molecule has 3 rings (SSSR count). The van der Waals surface area contributed by atoms with Gasteiger partial charge < -0.3 is 5.11 Å². The van der Waals surface area contributed by atoms with Gasteiger partial charge in [-0.15, -0.1) is 0 Å². The molecule has 16 heavy (non-hydrogen) atoms. The van der Waals surface area contributed by atoms with E-state index in [2.05, 4.69) is 15.2 Å². The Balaban J connectivity index is 1.89. The Morgan fingerprint density at radius 2 is 2.44 bits per heavy atom. The molecule has 0 spiro atoms. The van der Waals surface area contributed by atoms with Crippen molar-refractivity contribution in [1.29, 1.82) is 0 Å². The predicted octanol–water partition coefficient (Wildman–Crippen LogP) is -0.269. The van der Waals surface area contributed by atoms with Gasteiger partial charge in [0.15, 0.2) is 5.65 Å². The summed E-state index contributed by atoms with van der Waals surface area (Å²) in [6, 6.07) is 1.73. The van der Waals surface area contributed by atoms with Gasteiger partial charge in [-0.2, -0.15) is 5.10 Å². The van der Waals surface area contributed by atoms with E-state index in [-0.39, 0.29) is 11.8 Å². The maximum Gasteiger partial charge on any atom is 0.348 e. The fraction of sp³-hybridized carbons (Fsp3) is 0.500. The van der Waals surface area contributed by atoms with Crippen molar-refractivity contribution in [3.63, 3.8) is 0 Å². The summed E-state index contributed by atoms with van der Waals surface area (Å²) in [6.07, 6.45) is 3.86. The number of nitrogens with zero attached hydrogens (tertiary/aromatic N) is 3. The molecule has 1 aliphatic carbocycles. The number of aromatic amines is 1. The molecule has 6 heteroatoms. The highest BCUT2D eigenvalue weighted by molar-refractivity contribution is 5.36. The zero-order valence-electron chi connectivity index (χ0n) is 8.63. The maximum atomic E-state index is 11.2. The van der Waals surface area contributed by atoms with Crippen LogP contribution in [0, 0.1) is 5.92 Å². The number of aromatic nitrogens is 4. The van der Waals surface area contributed by atoms with Crippen molar-refractivity contribution in [3.05, 3.63) is 28.6 Å². The molecule has 1 fully saturated rings. The van der Waals surface area contributed by atoms with Crippen molar-refractivity contribution in [2.75, 3.05) is 0 Å². The van der Waals surface area contributed by atoms with Gasteiger partial charge in [-0.1, -0.05) is 0 Å². The first-order chi connectivity index (χ1) is 7.74. The molecule has 2 aromatic rings. The number of hydrogen-bond donors (Lipinski definition) is 2. The molecule has 0 aliphatic heterocycles. The molecule has 6 nitrogen and oxygen atoms in total. The second-order valence-electron chi connectivity index (χ2n) is 4.25. The van der Waals surface area contributed by atoms with Gasteiger partial charge in [-0.05, 0) is 18.8 Å². The molecule has 0 amide bonds. The minimum atomic E-state index is -0.319. The summed E-state index contributed by atoms with van der Waals surface area (Å²) in [5, 5.41) is 16.0. The van der Waals surface area contributed by atoms with Gasteiger partial charge in [-0.25, -0.2) is 19.3 Å². The largest absolute Gasteiger partial charge is 0.392 e. The average Bonchev–Trinajstić information content (AvgIpc) is 3.05. The van der Waals surface area contributed by atoms with Crippen molar-refractivity contribution in [1.82, 2.24) is 19.6 Å². The molecule has 0 aromatic carbocycles. The molecule has 1 aliphatic rings. The SMILES string of the molecule is O=c1[nH]nc2cc(CC(O)C3CC3)ncn12. The smallest absolute Gasteiger partial charge is 0.348 e. The highest BCUT2D eigenvalue weighted by Crippen LogP contribution is 2.33. The minimum Gasteiger partial charge on any atom is -0.392 e. The molecule has 84 valence electrons. The van der Waals surface area contributed by atoms with Crippen LogP contribution < -0.4 is 5.69 Å². The molecular weight excluding hydrogens is 208 g/mol. The molecule has 2 heterocycles. The molecule has 2 N–H and O–H groups in total. The lowest BCUT2D eigenvalue weighted by atomic mass is 10.1. The number of rotatable bonds is 3. The number of fused-ring (bicyclic) bond motifs is 1. The molecule has 1 atom stereocenters. The normalized spacial score (nSPS) is 17.8. The van der Waals surface area contributed by atoms with Gasteiger partial charge in [0, 0.05) is 18.2 Å². The Morgan fingerprint density at radius 3 is 3.19 bits per heavy atom. The number of aliphatic hydroxyl groups is 1. The molecule has 1 unspecified atom stereocenters. The Bertz CT molecular complexity index is 569. The monoisotopic (exact) mass is 220 g/mol. The van der Waals surface area contributed by atoms with E-state index in [1.807, 2.05) is 0 Å². The average molecular weight is 220 g/mol. The van der Waals surface area contributed by atoms with Gasteiger partial charge in [-0.3, -0.25) is 0 Å². The van der Waals surface area contributed by atoms with Crippen LogP contribution in [0.5, 0.6) is 0 Å². The second-order valence-corrected chi connectivity index (χ2v) is 4.25. The van der Waals surface area contributed by atoms with Crippen LogP contribution in [0.2, 0.25) is 0 Å². The van der Waals surface area contributed by atoms with Crippen LogP contribution in [0.1, 0.15) is 18.5 Å². The van der Waals surface area contributed by atoms with E-state index in [4.69, 9.17) is 0 Å². The van der Waals surface area contributed by atoms with Crippen LogP contribution >= 0.6 is 0 Å². The Morgan fingerprint density at radius 1 is 1.62 bits per heavy atom. The third-order valence-corrected chi connectivity index (χ3v) is 2.95. The van der Waals surface area contributed by atoms with Crippen LogP contribution in [0.25, 0.3) is 5.65 Å². The third-order valence-electron chi connectivity index (χ3n) is 2.95. The summed E-state index contributed by atoms with van der Waals surface area (Å²) in [5.74, 6) is 0.430. The van der Waals surface area contributed by atoms with E-state index >= 15 is 0 Å². The Kier molecular flexibility index (Phi) is 2.03. The number of hydrogen-bond acceptors (Lipinski definition) is 4. The standard InChI is InChI=1S/C10H12N4O2/c15-8(6-1-2-6)3-7-4-9-12-13-10(16)14(9)5-11-7/h4-6,8,15H,1-3H2,(H,13,16). The summed E-state index contributed by atoms with van der Waals surface area (Å²) in [6.45, 7) is 0. The van der Waals surface area contributed by atoms with Gasteiger partial charge >= 0.3 is 5.69 Å². The van der Waals surface area contributed by atoms with Crippen molar-refractivity contribution in [3.8, 4) is 0 Å². The third kappa shape index (κ3) is 1.61. The zero-order valence-corrected chi connectivity index (χ0v) is 8.63. The molecule has 0 saturated heterocycles. The van der Waals surface area contributed by atoms with Crippen LogP contribution in [-0.2, 0) is 6.42 Å². The van der Waals surface area contributed by atoms with E-state index < -0.39 is 0 Å². The van der Waals surface area contributed by atoms with Crippen LogP contribution in [0.4, 0.5) is 0 Å². The van der Waals surface area contributed by atoms with E-state index in [9.17, 15) is 9.90 Å². The summed E-state index contributed by atoms with van der Waals surface area (Å²) in [4.78, 5) is 15.3. The first-order valence-corrected chi connectivity index (χ1v) is 5.34. The van der Waals surface area contributed by atoms with Crippen molar-refractivity contribution in [2.45, 2.75) is 25.4 Å². The highest BCUT2D eigenvalue weighted by Gasteiger charge is 2.29. The van der Waals surface area contributed by atoms with Gasteiger partial charge in [0.05, 0.1) is 6.10 Å². The Hall–Kier alpha value is -1.69. The quantitative estimate of drug-likeness (QED) is 0.746. The van der Waals surface area contributed by atoms with E-state index in [0.717, 1.165) is 18.5 Å². The van der Waals surface area contributed by atoms with Gasteiger partial charge in [0.25, 0.3) is 0 Å². The first-order valence-electron chi connectivity index (χ1n) is 5.34. The number of aliphatic hydroxyl groups excluding tert-OH is 1. The first kappa shape index (κ1) is 9.53. The topological polar surface area (TPSA) is 83.3 Å². The van der Waals surface area contributed by atoms with Crippen LogP contribution in [0.3, 0.4) is 0 Å². The fourth-order valence-electron chi connectivity index (χ4n) is 1.82. The number of nitrogens with one attached hydrogen (secondary N) is 1. The minimum absolute atomic E-state index is 0.295. The molecule has 0 bridgehead atoms. The molecule has 2 aromatic heterocycles. The fourth-order valence-corrected chi connectivity index (χ4v) is 1.82. The van der Waals surface area contributed by atoms with E-state index in [1.54, 1.807) is 6.07 Å². The van der Waals surface area contributed by atoms with E-state index in [0.29, 0.717) is 18.0 Å². The summed E-state index contributed by atoms with van der Waals surface area (Å²) in [5.41, 5.74) is 1.01. The Labute approximate surface area is 91.0 Å². The molecule has 1 saturated carbocycles. The van der Waals surface area contributed by atoms with E-state index in [1.165, 1.54) is 10.7 Å². The maximum absolute atomic E-state index is 11.2. The van der Waals surface area contributed by atoms with Crippen LogP contribution in [-0.4, -0.2) is 30.8 Å². The highest BCUT2D eigenvalue weighted by atomic mass is 16.3. The molecule has 0 radical (unpaired) electrons.